The molecule has 1 aliphatic heterocycles. The van der Waals surface area contributed by atoms with Gasteiger partial charge in [-0.1, -0.05) is 11.6 Å². The van der Waals surface area contributed by atoms with Gasteiger partial charge in [-0.15, -0.1) is 0 Å². The zero-order valence-electron chi connectivity index (χ0n) is 8.50. The van der Waals surface area contributed by atoms with E-state index in [1.807, 2.05) is 11.8 Å². The lowest BCUT2D eigenvalue weighted by Gasteiger charge is -2.34. The molecule has 1 aliphatic rings. The van der Waals surface area contributed by atoms with E-state index in [4.69, 9.17) is 11.6 Å². The van der Waals surface area contributed by atoms with Crippen molar-refractivity contribution in [3.63, 3.8) is 0 Å². The Hall–Kier alpha value is -0.870. The van der Waals surface area contributed by atoms with Crippen LogP contribution in [0.5, 0.6) is 0 Å². The van der Waals surface area contributed by atoms with E-state index in [1.165, 1.54) is 12.3 Å². The van der Waals surface area contributed by atoms with E-state index >= 15 is 0 Å². The molecule has 0 amide bonds. The SMILES string of the molecule is CC1CNCCN1c1ncc(Cl)cc1F. The highest BCUT2D eigenvalue weighted by atomic mass is 35.5. The van der Waals surface area contributed by atoms with E-state index in [0.717, 1.165) is 19.6 Å². The largest absolute Gasteiger partial charge is 0.349 e. The third-order valence-corrected chi connectivity index (χ3v) is 2.77. The lowest BCUT2D eigenvalue weighted by Crippen LogP contribution is -2.50. The van der Waals surface area contributed by atoms with Gasteiger partial charge in [0, 0.05) is 31.9 Å². The summed E-state index contributed by atoms with van der Waals surface area (Å²) < 4.78 is 13.6. The smallest absolute Gasteiger partial charge is 0.167 e. The highest BCUT2D eigenvalue weighted by molar-refractivity contribution is 6.30. The van der Waals surface area contributed by atoms with E-state index in [9.17, 15) is 4.39 Å². The van der Waals surface area contributed by atoms with Gasteiger partial charge in [0.2, 0.25) is 0 Å². The number of hydrogen-bond donors (Lipinski definition) is 1. The predicted octanol–water partition coefficient (Wildman–Crippen LogP) is 1.67. The molecule has 1 unspecified atom stereocenters. The van der Waals surface area contributed by atoms with Gasteiger partial charge in [0.15, 0.2) is 11.6 Å². The second-order valence-corrected chi connectivity index (χ2v) is 4.14. The normalized spacial score (nSPS) is 21.8. The summed E-state index contributed by atoms with van der Waals surface area (Å²) in [6.45, 7) is 4.52. The monoisotopic (exact) mass is 229 g/mol. The first-order chi connectivity index (χ1) is 7.18. The van der Waals surface area contributed by atoms with Crippen LogP contribution < -0.4 is 10.2 Å². The molecule has 0 bridgehead atoms. The predicted molar refractivity (Wildman–Crippen MR) is 58.9 cm³/mol. The van der Waals surface area contributed by atoms with Gasteiger partial charge in [-0.2, -0.15) is 0 Å². The number of anilines is 1. The summed E-state index contributed by atoms with van der Waals surface area (Å²) in [6.07, 6.45) is 1.48. The highest BCUT2D eigenvalue weighted by Crippen LogP contribution is 2.21. The average Bonchev–Trinajstić information content (AvgIpc) is 2.20. The lowest BCUT2D eigenvalue weighted by atomic mass is 10.2. The van der Waals surface area contributed by atoms with E-state index in [0.29, 0.717) is 10.8 Å². The molecule has 1 aromatic rings. The third-order valence-electron chi connectivity index (χ3n) is 2.56. The molecular weight excluding hydrogens is 217 g/mol. The number of nitrogens with one attached hydrogen (secondary N) is 1. The standard InChI is InChI=1S/C10H13ClFN3/c1-7-5-13-2-3-15(7)10-9(12)4-8(11)6-14-10/h4,6-7,13H,2-3,5H2,1H3. The molecule has 15 heavy (non-hydrogen) atoms. The fourth-order valence-electron chi connectivity index (χ4n) is 1.77. The van der Waals surface area contributed by atoms with Crippen molar-refractivity contribution in [3.8, 4) is 0 Å². The minimum Gasteiger partial charge on any atom is -0.349 e. The summed E-state index contributed by atoms with van der Waals surface area (Å²) in [6, 6.07) is 1.56. The Morgan fingerprint density at radius 2 is 2.47 bits per heavy atom. The maximum Gasteiger partial charge on any atom is 0.167 e. The first-order valence-electron chi connectivity index (χ1n) is 4.97. The number of halogens is 2. The van der Waals surface area contributed by atoms with Crippen molar-refractivity contribution in [2.24, 2.45) is 0 Å². The van der Waals surface area contributed by atoms with Gasteiger partial charge in [0.05, 0.1) is 5.02 Å². The molecule has 1 saturated heterocycles. The van der Waals surface area contributed by atoms with Crippen molar-refractivity contribution >= 4 is 17.4 Å². The highest BCUT2D eigenvalue weighted by Gasteiger charge is 2.21. The first kappa shape index (κ1) is 10.6. The van der Waals surface area contributed by atoms with Gasteiger partial charge >= 0.3 is 0 Å². The summed E-state index contributed by atoms with van der Waals surface area (Å²) in [5.41, 5.74) is 0. The fourth-order valence-corrected chi connectivity index (χ4v) is 1.92. The van der Waals surface area contributed by atoms with Crippen LogP contribution >= 0.6 is 11.6 Å². The maximum absolute atomic E-state index is 13.6. The average molecular weight is 230 g/mol. The van der Waals surface area contributed by atoms with Crippen molar-refractivity contribution < 1.29 is 4.39 Å². The zero-order valence-corrected chi connectivity index (χ0v) is 9.26. The van der Waals surface area contributed by atoms with Gasteiger partial charge in [0.1, 0.15) is 0 Å². The van der Waals surface area contributed by atoms with Gasteiger partial charge in [-0.05, 0) is 13.0 Å². The quantitative estimate of drug-likeness (QED) is 0.794. The van der Waals surface area contributed by atoms with Gasteiger partial charge in [0.25, 0.3) is 0 Å². The fraction of sp³-hybridized carbons (Fsp3) is 0.500. The Kier molecular flexibility index (Phi) is 3.07. The molecule has 5 heteroatoms. The second kappa shape index (κ2) is 4.33. The van der Waals surface area contributed by atoms with Gasteiger partial charge in [-0.25, -0.2) is 9.37 Å². The molecule has 3 nitrogen and oxygen atoms in total. The van der Waals surface area contributed by atoms with Crippen LogP contribution in [0.25, 0.3) is 0 Å². The molecule has 1 N–H and O–H groups in total. The van der Waals surface area contributed by atoms with Crippen LogP contribution in [0.3, 0.4) is 0 Å². The molecule has 0 radical (unpaired) electrons. The molecule has 0 aromatic carbocycles. The lowest BCUT2D eigenvalue weighted by molar-refractivity contribution is 0.485. The van der Waals surface area contributed by atoms with Crippen LogP contribution in [0.15, 0.2) is 12.3 Å². The molecule has 1 fully saturated rings. The van der Waals surface area contributed by atoms with Crippen LogP contribution in [0.4, 0.5) is 10.2 Å². The van der Waals surface area contributed by atoms with Gasteiger partial charge < -0.3 is 10.2 Å². The zero-order chi connectivity index (χ0) is 10.8. The Labute approximate surface area is 93.2 Å². The number of nitrogens with zero attached hydrogens (tertiary/aromatic N) is 2. The summed E-state index contributed by atoms with van der Waals surface area (Å²) in [5, 5.41) is 3.58. The van der Waals surface area contributed by atoms with Crippen molar-refractivity contribution in [2.75, 3.05) is 24.5 Å². The van der Waals surface area contributed by atoms with Gasteiger partial charge in [-0.3, -0.25) is 0 Å². The van der Waals surface area contributed by atoms with E-state index in [2.05, 4.69) is 10.3 Å². The second-order valence-electron chi connectivity index (χ2n) is 3.71. The molecule has 0 aliphatic carbocycles. The molecule has 1 aromatic heterocycles. The molecule has 0 spiro atoms. The van der Waals surface area contributed by atoms with Crippen molar-refractivity contribution in [3.05, 3.63) is 23.1 Å². The number of aromatic nitrogens is 1. The molecule has 82 valence electrons. The molecule has 2 rings (SSSR count). The third kappa shape index (κ3) is 2.21. The minimum absolute atomic E-state index is 0.252. The number of pyridine rings is 1. The summed E-state index contributed by atoms with van der Waals surface area (Å²) >= 11 is 5.66. The summed E-state index contributed by atoms with van der Waals surface area (Å²) in [5.74, 6) is 0.0460. The number of hydrogen-bond acceptors (Lipinski definition) is 3. The van der Waals surface area contributed by atoms with E-state index in [1.54, 1.807) is 0 Å². The minimum atomic E-state index is -0.351. The summed E-state index contributed by atoms with van der Waals surface area (Å²) in [4.78, 5) is 6.00. The van der Waals surface area contributed by atoms with Crippen LogP contribution in [0, 0.1) is 5.82 Å². The van der Waals surface area contributed by atoms with Crippen LogP contribution in [-0.4, -0.2) is 30.7 Å². The molecule has 0 saturated carbocycles. The van der Waals surface area contributed by atoms with Crippen molar-refractivity contribution in [2.45, 2.75) is 13.0 Å². The number of rotatable bonds is 1. The Bertz CT molecular complexity index is 359. The van der Waals surface area contributed by atoms with E-state index < -0.39 is 0 Å². The molecule has 1 atom stereocenters. The Balaban J connectivity index is 2.27. The van der Waals surface area contributed by atoms with Crippen molar-refractivity contribution in [1.29, 1.82) is 0 Å². The molecule has 2 heterocycles. The summed E-state index contributed by atoms with van der Waals surface area (Å²) in [7, 11) is 0. The van der Waals surface area contributed by atoms with Crippen LogP contribution in [0.1, 0.15) is 6.92 Å². The first-order valence-corrected chi connectivity index (χ1v) is 5.34. The Morgan fingerprint density at radius 1 is 1.67 bits per heavy atom. The van der Waals surface area contributed by atoms with Crippen molar-refractivity contribution in [1.82, 2.24) is 10.3 Å². The Morgan fingerprint density at radius 3 is 3.13 bits per heavy atom. The topological polar surface area (TPSA) is 28.2 Å². The number of piperazine rings is 1. The van der Waals surface area contributed by atoms with Crippen LogP contribution in [0.2, 0.25) is 5.02 Å². The van der Waals surface area contributed by atoms with Crippen LogP contribution in [-0.2, 0) is 0 Å². The van der Waals surface area contributed by atoms with E-state index in [-0.39, 0.29) is 11.9 Å². The maximum atomic E-state index is 13.6. The molecular formula is C10H13ClFN3.